The summed E-state index contributed by atoms with van der Waals surface area (Å²) in [6.45, 7) is 1.60. The molecule has 2 aromatic rings. The van der Waals surface area contributed by atoms with Crippen molar-refractivity contribution in [2.45, 2.75) is 13.3 Å². The van der Waals surface area contributed by atoms with Gasteiger partial charge in [0.25, 0.3) is 5.91 Å². The molecule has 2 rings (SSSR count). The number of carbonyl (C=O) groups excluding carboxylic acids is 2. The third-order valence-corrected chi connectivity index (χ3v) is 3.54. The maximum absolute atomic E-state index is 13.5. The van der Waals surface area contributed by atoms with Crippen molar-refractivity contribution in [1.29, 1.82) is 0 Å². The lowest BCUT2D eigenvalue weighted by Crippen LogP contribution is -2.22. The molecule has 124 valence electrons. The van der Waals surface area contributed by atoms with Gasteiger partial charge in [-0.1, -0.05) is 28.1 Å². The highest BCUT2D eigenvalue weighted by Gasteiger charge is 2.10. The van der Waals surface area contributed by atoms with E-state index in [1.54, 1.807) is 25.1 Å². The summed E-state index contributed by atoms with van der Waals surface area (Å²) in [7, 11) is 0. The molecular weight excluding hydrogens is 377 g/mol. The molecular formula is C17H15BrFN3O2. The van der Waals surface area contributed by atoms with Crippen molar-refractivity contribution in [2.24, 2.45) is 5.10 Å². The Bertz CT molecular complexity index is 776. The Balaban J connectivity index is 1.89. The van der Waals surface area contributed by atoms with Gasteiger partial charge in [-0.05, 0) is 43.3 Å². The third-order valence-electron chi connectivity index (χ3n) is 3.01. The van der Waals surface area contributed by atoms with Gasteiger partial charge in [-0.2, -0.15) is 5.10 Å². The molecule has 7 heteroatoms. The van der Waals surface area contributed by atoms with Crippen LogP contribution in [0.25, 0.3) is 0 Å². The number of rotatable bonds is 5. The maximum atomic E-state index is 13.5. The minimum atomic E-state index is -0.666. The maximum Gasteiger partial charge on any atom is 0.274 e. The molecule has 5 nitrogen and oxygen atoms in total. The second-order valence-corrected chi connectivity index (χ2v) is 5.92. The number of hydrogen-bond acceptors (Lipinski definition) is 3. The fourth-order valence-electron chi connectivity index (χ4n) is 1.86. The van der Waals surface area contributed by atoms with E-state index >= 15 is 0 Å². The summed E-state index contributed by atoms with van der Waals surface area (Å²) < 4.78 is 14.4. The second-order valence-electron chi connectivity index (χ2n) is 5.00. The van der Waals surface area contributed by atoms with Crippen LogP contribution in [0.5, 0.6) is 0 Å². The molecule has 0 heterocycles. The van der Waals surface area contributed by atoms with Crippen molar-refractivity contribution >= 4 is 39.1 Å². The Morgan fingerprint density at radius 1 is 1.12 bits per heavy atom. The van der Waals surface area contributed by atoms with E-state index in [2.05, 4.69) is 31.8 Å². The normalized spacial score (nSPS) is 11.0. The fourth-order valence-corrected chi connectivity index (χ4v) is 2.13. The van der Waals surface area contributed by atoms with Crippen LogP contribution < -0.4 is 10.7 Å². The molecule has 0 aliphatic carbocycles. The zero-order chi connectivity index (χ0) is 17.5. The first kappa shape index (κ1) is 17.8. The number of amides is 2. The molecule has 0 spiro atoms. The molecule has 2 N–H and O–H groups in total. The Hall–Kier alpha value is -2.54. The molecule has 0 aliphatic rings. The van der Waals surface area contributed by atoms with Crippen molar-refractivity contribution in [3.8, 4) is 0 Å². The van der Waals surface area contributed by atoms with Crippen LogP contribution in [0.2, 0.25) is 0 Å². The quantitative estimate of drug-likeness (QED) is 0.602. The van der Waals surface area contributed by atoms with Gasteiger partial charge in [0.2, 0.25) is 5.91 Å². The van der Waals surface area contributed by atoms with Crippen molar-refractivity contribution in [2.75, 3.05) is 5.32 Å². The van der Waals surface area contributed by atoms with Gasteiger partial charge in [0.1, 0.15) is 5.82 Å². The molecule has 0 aliphatic heterocycles. The number of nitrogens with zero attached hydrogens (tertiary/aromatic N) is 1. The standard InChI is InChI=1S/C17H15BrFN3O2/c1-11(10-16(23)20-13-8-6-12(18)7-9-13)21-22-17(24)14-4-2-3-5-15(14)19/h2-9H,10H2,1H3,(H,20,23)(H,22,24)/b21-11-. The minimum Gasteiger partial charge on any atom is -0.326 e. The van der Waals surface area contributed by atoms with E-state index in [4.69, 9.17) is 0 Å². The van der Waals surface area contributed by atoms with Crippen LogP contribution in [0.1, 0.15) is 23.7 Å². The molecule has 0 saturated heterocycles. The average Bonchev–Trinajstić information content (AvgIpc) is 2.55. The fraction of sp³-hybridized carbons (Fsp3) is 0.118. The van der Waals surface area contributed by atoms with Crippen molar-refractivity contribution in [3.63, 3.8) is 0 Å². The van der Waals surface area contributed by atoms with E-state index in [-0.39, 0.29) is 17.9 Å². The summed E-state index contributed by atoms with van der Waals surface area (Å²) in [5.41, 5.74) is 3.19. The Labute approximate surface area is 147 Å². The minimum absolute atomic E-state index is 0.00756. The van der Waals surface area contributed by atoms with E-state index in [0.29, 0.717) is 11.4 Å². The third kappa shape index (κ3) is 5.27. The molecule has 0 bridgehead atoms. The second kappa shape index (κ2) is 8.35. The van der Waals surface area contributed by atoms with Crippen LogP contribution >= 0.6 is 15.9 Å². The number of benzene rings is 2. The topological polar surface area (TPSA) is 70.6 Å². The average molecular weight is 392 g/mol. The van der Waals surface area contributed by atoms with Crippen LogP contribution in [-0.2, 0) is 4.79 Å². The molecule has 0 fully saturated rings. The first-order chi connectivity index (χ1) is 11.5. The summed E-state index contributed by atoms with van der Waals surface area (Å²) in [4.78, 5) is 23.7. The van der Waals surface area contributed by atoms with E-state index < -0.39 is 11.7 Å². The molecule has 24 heavy (non-hydrogen) atoms. The highest BCUT2D eigenvalue weighted by molar-refractivity contribution is 9.10. The molecule has 0 unspecified atom stereocenters. The predicted octanol–water partition coefficient (Wildman–Crippen LogP) is 3.72. The van der Waals surface area contributed by atoms with E-state index in [1.807, 2.05) is 12.1 Å². The summed E-state index contributed by atoms with van der Waals surface area (Å²) in [6.07, 6.45) is 0.00756. The van der Waals surface area contributed by atoms with Gasteiger partial charge in [-0.3, -0.25) is 9.59 Å². The van der Waals surface area contributed by atoms with Gasteiger partial charge in [0.15, 0.2) is 0 Å². The Morgan fingerprint density at radius 3 is 2.46 bits per heavy atom. The highest BCUT2D eigenvalue weighted by atomic mass is 79.9. The summed E-state index contributed by atoms with van der Waals surface area (Å²) in [5, 5.41) is 6.53. The van der Waals surface area contributed by atoms with E-state index in [0.717, 1.165) is 4.47 Å². The van der Waals surface area contributed by atoms with Crippen LogP contribution in [0.4, 0.5) is 10.1 Å². The number of nitrogens with one attached hydrogen (secondary N) is 2. The van der Waals surface area contributed by atoms with Gasteiger partial charge < -0.3 is 5.32 Å². The first-order valence-corrected chi connectivity index (χ1v) is 7.88. The van der Waals surface area contributed by atoms with Crippen molar-refractivity contribution < 1.29 is 14.0 Å². The monoisotopic (exact) mass is 391 g/mol. The van der Waals surface area contributed by atoms with E-state index in [9.17, 15) is 14.0 Å². The number of anilines is 1. The van der Waals surface area contributed by atoms with E-state index in [1.165, 1.54) is 18.2 Å². The lowest BCUT2D eigenvalue weighted by atomic mass is 10.2. The first-order valence-electron chi connectivity index (χ1n) is 7.09. The largest absolute Gasteiger partial charge is 0.326 e. The number of carbonyl (C=O) groups is 2. The van der Waals surface area contributed by atoms with Crippen LogP contribution in [0.15, 0.2) is 58.1 Å². The number of hydrazone groups is 1. The zero-order valence-corrected chi connectivity index (χ0v) is 14.4. The summed E-state index contributed by atoms with van der Waals surface area (Å²) in [6, 6.07) is 12.7. The number of hydrogen-bond donors (Lipinski definition) is 2. The van der Waals surface area contributed by atoms with Gasteiger partial charge in [-0.15, -0.1) is 0 Å². The van der Waals surface area contributed by atoms with Gasteiger partial charge in [0, 0.05) is 15.9 Å². The Morgan fingerprint density at radius 2 is 1.79 bits per heavy atom. The molecule has 0 saturated carbocycles. The van der Waals surface area contributed by atoms with Gasteiger partial charge in [0.05, 0.1) is 12.0 Å². The smallest absolute Gasteiger partial charge is 0.274 e. The van der Waals surface area contributed by atoms with Gasteiger partial charge >= 0.3 is 0 Å². The molecule has 0 aromatic heterocycles. The van der Waals surface area contributed by atoms with Crippen LogP contribution in [0, 0.1) is 5.82 Å². The van der Waals surface area contributed by atoms with Crippen LogP contribution in [-0.4, -0.2) is 17.5 Å². The van der Waals surface area contributed by atoms with Gasteiger partial charge in [-0.25, -0.2) is 9.82 Å². The Kier molecular flexibility index (Phi) is 6.20. The lowest BCUT2D eigenvalue weighted by Gasteiger charge is -2.06. The molecule has 0 atom stereocenters. The van der Waals surface area contributed by atoms with Crippen molar-refractivity contribution in [3.05, 3.63) is 64.4 Å². The van der Waals surface area contributed by atoms with Crippen molar-refractivity contribution in [1.82, 2.24) is 5.43 Å². The summed E-state index contributed by atoms with van der Waals surface area (Å²) >= 11 is 3.31. The molecule has 2 amide bonds. The molecule has 2 aromatic carbocycles. The SMILES string of the molecule is C/C(CC(=O)Nc1ccc(Br)cc1)=N/NC(=O)c1ccccc1F. The molecule has 0 radical (unpaired) electrons. The van der Waals surface area contributed by atoms with Crippen LogP contribution in [0.3, 0.4) is 0 Å². The zero-order valence-electron chi connectivity index (χ0n) is 12.8. The number of halogens is 2. The summed E-state index contributed by atoms with van der Waals surface area (Å²) in [5.74, 6) is -1.56. The highest BCUT2D eigenvalue weighted by Crippen LogP contribution is 2.14. The lowest BCUT2D eigenvalue weighted by molar-refractivity contribution is -0.115. The predicted molar refractivity (Wildman–Crippen MR) is 94.4 cm³/mol.